The molecule has 90 valence electrons. The smallest absolute Gasteiger partial charge is 0.171 e. The molecule has 0 saturated heterocycles. The molecule has 16 heavy (non-hydrogen) atoms. The van der Waals surface area contributed by atoms with Crippen molar-refractivity contribution in [3.63, 3.8) is 0 Å². The van der Waals surface area contributed by atoms with Crippen LogP contribution in [0, 0.1) is 19.3 Å². The average Bonchev–Trinajstić information content (AvgIpc) is 2.08. The summed E-state index contributed by atoms with van der Waals surface area (Å²) >= 11 is 6.11. The lowest BCUT2D eigenvalue weighted by Gasteiger charge is -2.28. The van der Waals surface area contributed by atoms with Crippen LogP contribution in [-0.2, 0) is 0 Å². The van der Waals surface area contributed by atoms with Gasteiger partial charge in [-0.15, -0.1) is 0 Å². The van der Waals surface area contributed by atoms with Crippen LogP contribution in [0.1, 0.15) is 32.2 Å². The van der Waals surface area contributed by atoms with Gasteiger partial charge in [0.05, 0.1) is 11.4 Å². The van der Waals surface area contributed by atoms with Crippen molar-refractivity contribution in [2.75, 3.05) is 18.5 Å². The van der Waals surface area contributed by atoms with Crippen molar-refractivity contribution in [2.24, 2.45) is 5.41 Å². The van der Waals surface area contributed by atoms with E-state index in [1.807, 2.05) is 20.9 Å². The van der Waals surface area contributed by atoms with Gasteiger partial charge < -0.3 is 4.90 Å². The third kappa shape index (κ3) is 3.34. The summed E-state index contributed by atoms with van der Waals surface area (Å²) in [5.41, 5.74) is 2.02. The summed E-state index contributed by atoms with van der Waals surface area (Å²) in [6.07, 6.45) is 0. The molecule has 0 amide bonds. The Morgan fingerprint density at radius 3 is 2.12 bits per heavy atom. The summed E-state index contributed by atoms with van der Waals surface area (Å²) in [6.45, 7) is 11.3. The van der Waals surface area contributed by atoms with E-state index < -0.39 is 0 Å². The molecule has 1 heterocycles. The SMILES string of the molecule is Cc1nc(Cl)c(N(C)CC(C)(C)C)nc1C. The van der Waals surface area contributed by atoms with Crippen LogP contribution in [-0.4, -0.2) is 23.6 Å². The van der Waals surface area contributed by atoms with Crippen LogP contribution < -0.4 is 4.90 Å². The number of aryl methyl sites for hydroxylation is 2. The van der Waals surface area contributed by atoms with Crippen molar-refractivity contribution in [2.45, 2.75) is 34.6 Å². The summed E-state index contributed by atoms with van der Waals surface area (Å²) in [5.74, 6) is 0.764. The first-order chi connectivity index (χ1) is 7.20. The van der Waals surface area contributed by atoms with Gasteiger partial charge in [-0.3, -0.25) is 0 Å². The molecule has 0 aliphatic rings. The Hall–Kier alpha value is -0.830. The zero-order valence-corrected chi connectivity index (χ0v) is 11.7. The van der Waals surface area contributed by atoms with E-state index >= 15 is 0 Å². The topological polar surface area (TPSA) is 29.0 Å². The molecule has 0 fully saturated rings. The van der Waals surface area contributed by atoms with E-state index in [0.717, 1.165) is 23.8 Å². The van der Waals surface area contributed by atoms with Crippen molar-refractivity contribution >= 4 is 17.4 Å². The highest BCUT2D eigenvalue weighted by Crippen LogP contribution is 2.25. The molecular formula is C12H20ClN3. The van der Waals surface area contributed by atoms with E-state index in [2.05, 4.69) is 35.6 Å². The summed E-state index contributed by atoms with van der Waals surface area (Å²) in [6, 6.07) is 0. The summed E-state index contributed by atoms with van der Waals surface area (Å²) in [7, 11) is 2.00. The second kappa shape index (κ2) is 4.58. The molecule has 0 spiro atoms. The Labute approximate surface area is 103 Å². The molecular weight excluding hydrogens is 222 g/mol. The molecule has 0 unspecified atom stereocenters. The van der Waals surface area contributed by atoms with Gasteiger partial charge in [0.15, 0.2) is 11.0 Å². The molecule has 4 heteroatoms. The lowest BCUT2D eigenvalue weighted by molar-refractivity contribution is 0.417. The van der Waals surface area contributed by atoms with Crippen molar-refractivity contribution in [3.8, 4) is 0 Å². The number of hydrogen-bond donors (Lipinski definition) is 0. The van der Waals surface area contributed by atoms with Gasteiger partial charge in [-0.05, 0) is 19.3 Å². The van der Waals surface area contributed by atoms with Crippen LogP contribution in [0.5, 0.6) is 0 Å². The van der Waals surface area contributed by atoms with Crippen LogP contribution >= 0.6 is 11.6 Å². The Kier molecular flexibility index (Phi) is 3.79. The third-order valence-corrected chi connectivity index (χ3v) is 2.57. The average molecular weight is 242 g/mol. The maximum atomic E-state index is 6.11. The number of aromatic nitrogens is 2. The molecule has 0 atom stereocenters. The third-order valence-electron chi connectivity index (χ3n) is 2.32. The lowest BCUT2D eigenvalue weighted by atomic mass is 9.96. The first kappa shape index (κ1) is 13.2. The van der Waals surface area contributed by atoms with Crippen LogP contribution in [0.2, 0.25) is 5.15 Å². The zero-order chi connectivity index (χ0) is 12.5. The number of anilines is 1. The Morgan fingerprint density at radius 2 is 1.62 bits per heavy atom. The van der Waals surface area contributed by atoms with Gasteiger partial charge in [0, 0.05) is 13.6 Å². The second-order valence-electron chi connectivity index (χ2n) is 5.43. The van der Waals surface area contributed by atoms with Gasteiger partial charge in [0.2, 0.25) is 0 Å². The predicted octanol–water partition coefficient (Wildman–Crippen LogP) is 3.23. The molecule has 0 aliphatic heterocycles. The molecule has 0 bridgehead atoms. The molecule has 0 N–H and O–H groups in total. The molecule has 3 nitrogen and oxygen atoms in total. The van der Waals surface area contributed by atoms with Gasteiger partial charge in [-0.25, -0.2) is 9.97 Å². The van der Waals surface area contributed by atoms with E-state index in [1.165, 1.54) is 0 Å². The van der Waals surface area contributed by atoms with Gasteiger partial charge in [-0.1, -0.05) is 32.4 Å². The highest BCUT2D eigenvalue weighted by atomic mass is 35.5. The van der Waals surface area contributed by atoms with Gasteiger partial charge >= 0.3 is 0 Å². The van der Waals surface area contributed by atoms with Crippen molar-refractivity contribution < 1.29 is 0 Å². The number of halogens is 1. The van der Waals surface area contributed by atoms with Gasteiger partial charge in [-0.2, -0.15) is 0 Å². The minimum Gasteiger partial charge on any atom is -0.357 e. The predicted molar refractivity (Wildman–Crippen MR) is 69.2 cm³/mol. The minimum absolute atomic E-state index is 0.207. The number of nitrogens with zero attached hydrogens (tertiary/aromatic N) is 3. The van der Waals surface area contributed by atoms with Crippen LogP contribution in [0.3, 0.4) is 0 Å². The molecule has 1 aromatic heterocycles. The van der Waals surface area contributed by atoms with Crippen LogP contribution in [0.25, 0.3) is 0 Å². The van der Waals surface area contributed by atoms with Crippen molar-refractivity contribution in [3.05, 3.63) is 16.5 Å². The Morgan fingerprint density at radius 1 is 1.12 bits per heavy atom. The summed E-state index contributed by atoms with van der Waals surface area (Å²) in [5, 5.41) is 0.481. The molecule has 1 aromatic rings. The number of rotatable bonds is 2. The molecule has 1 rings (SSSR count). The molecule has 0 saturated carbocycles. The standard InChI is InChI=1S/C12H20ClN3/c1-8-9(2)15-11(10(13)14-8)16(6)7-12(3,4)5/h7H2,1-6H3. The fourth-order valence-corrected chi connectivity index (χ4v) is 1.91. The molecule has 0 radical (unpaired) electrons. The first-order valence-corrected chi connectivity index (χ1v) is 5.80. The first-order valence-electron chi connectivity index (χ1n) is 5.42. The quantitative estimate of drug-likeness (QED) is 0.796. The van der Waals surface area contributed by atoms with E-state index in [-0.39, 0.29) is 5.41 Å². The highest BCUT2D eigenvalue weighted by Gasteiger charge is 2.18. The zero-order valence-electron chi connectivity index (χ0n) is 10.9. The van der Waals surface area contributed by atoms with Crippen molar-refractivity contribution in [1.29, 1.82) is 0 Å². The monoisotopic (exact) mass is 241 g/mol. The Balaban J connectivity index is 3.00. The minimum atomic E-state index is 0.207. The fraction of sp³-hybridized carbons (Fsp3) is 0.667. The van der Waals surface area contributed by atoms with Crippen molar-refractivity contribution in [1.82, 2.24) is 9.97 Å². The van der Waals surface area contributed by atoms with Gasteiger partial charge in [0.1, 0.15) is 0 Å². The van der Waals surface area contributed by atoms with E-state index in [1.54, 1.807) is 0 Å². The maximum Gasteiger partial charge on any atom is 0.171 e. The largest absolute Gasteiger partial charge is 0.357 e. The van der Waals surface area contributed by atoms with Gasteiger partial charge in [0.25, 0.3) is 0 Å². The summed E-state index contributed by atoms with van der Waals surface area (Å²) in [4.78, 5) is 10.8. The number of hydrogen-bond acceptors (Lipinski definition) is 3. The summed E-state index contributed by atoms with van der Waals surface area (Å²) < 4.78 is 0. The van der Waals surface area contributed by atoms with E-state index in [9.17, 15) is 0 Å². The van der Waals surface area contributed by atoms with Crippen LogP contribution in [0.4, 0.5) is 5.82 Å². The van der Waals surface area contributed by atoms with E-state index in [0.29, 0.717) is 5.15 Å². The lowest BCUT2D eigenvalue weighted by Crippen LogP contribution is -2.30. The molecule has 0 aromatic carbocycles. The maximum absolute atomic E-state index is 6.11. The highest BCUT2D eigenvalue weighted by molar-refractivity contribution is 6.31. The Bertz CT molecular complexity index is 383. The fourth-order valence-electron chi connectivity index (χ4n) is 1.59. The van der Waals surface area contributed by atoms with E-state index in [4.69, 9.17) is 11.6 Å². The van der Waals surface area contributed by atoms with Crippen LogP contribution in [0.15, 0.2) is 0 Å². The second-order valence-corrected chi connectivity index (χ2v) is 5.78. The molecule has 0 aliphatic carbocycles. The normalized spacial score (nSPS) is 11.7.